The van der Waals surface area contributed by atoms with Crippen LogP contribution < -0.4 is 30.3 Å². The van der Waals surface area contributed by atoms with Gasteiger partial charge in [0.25, 0.3) is 5.91 Å². The van der Waals surface area contributed by atoms with Crippen LogP contribution in [0.4, 0.5) is 28.8 Å². The second-order valence-electron chi connectivity index (χ2n) is 20.6. The summed E-state index contributed by atoms with van der Waals surface area (Å²) in [5.74, 6) is -0.979. The van der Waals surface area contributed by atoms with E-state index in [4.69, 9.17) is 30.5 Å². The molecule has 2 aromatic heterocycles. The molecule has 25 heteroatoms. The van der Waals surface area contributed by atoms with E-state index in [2.05, 4.69) is 46.0 Å². The number of nitrogens with one attached hydrogen (secondary N) is 3. The topological polar surface area (TPSA) is 262 Å². The number of hydrogen-bond acceptors (Lipinski definition) is 18. The average Bonchev–Trinajstić information content (AvgIpc) is 4.02. The van der Waals surface area contributed by atoms with Gasteiger partial charge in [0.2, 0.25) is 16.0 Å². The fourth-order valence-electron chi connectivity index (χ4n) is 9.85. The van der Waals surface area contributed by atoms with Gasteiger partial charge in [-0.05, 0) is 111 Å². The van der Waals surface area contributed by atoms with Gasteiger partial charge in [0, 0.05) is 70.2 Å². The Balaban J connectivity index is 0.689. The largest absolute Gasteiger partial charge is 0.488 e. The van der Waals surface area contributed by atoms with E-state index in [9.17, 15) is 31.5 Å². The Morgan fingerprint density at radius 1 is 0.892 bits per heavy atom. The maximum absolute atomic E-state index is 13.9. The standard InChI is InChI=1S/C58H68ClN11O11S2/c1-38(2)82(74,75)52-12-8-6-10-48(52)63-57-47(59)34-61-58(64-57)62-44-16-18-45(19-17-44)69-23-21-68(22-24-69)25-27-79-29-28-78-26-20-60-54(71)37-80-51-32-42(31-49-56(51)67(5)66-65-49)46(33-55(72)73)41-15-14-39(3)43(30-41)36-70-35-40(4)81-50-11-7-9-13-53(50)83(70,76)77/h6-19,30-32,34,38,40,46H,20-29,33,35-37H2,1-5H3,(H,60,71)(H,72,73)(H2,61,62,63,64). The maximum Gasteiger partial charge on any atom is 0.304 e. The Morgan fingerprint density at radius 3 is 2.39 bits per heavy atom. The molecule has 7 aromatic rings. The van der Waals surface area contributed by atoms with E-state index in [1.54, 1.807) is 75.5 Å². The number of fused-ring (bicyclic) bond motifs is 2. The quantitative estimate of drug-likeness (QED) is 0.0409. The molecule has 0 aliphatic carbocycles. The average molecular weight is 1190 g/mol. The third-order valence-corrected chi connectivity index (χ3v) is 18.7. The third kappa shape index (κ3) is 14.9. The smallest absolute Gasteiger partial charge is 0.304 e. The van der Waals surface area contributed by atoms with E-state index in [1.165, 1.54) is 21.3 Å². The Morgan fingerprint density at radius 2 is 1.63 bits per heavy atom. The lowest BCUT2D eigenvalue weighted by molar-refractivity contribution is -0.137. The van der Waals surface area contributed by atoms with Crippen molar-refractivity contribution in [3.05, 3.63) is 137 Å². The van der Waals surface area contributed by atoms with Crippen molar-refractivity contribution in [3.8, 4) is 11.5 Å². The van der Waals surface area contributed by atoms with Crippen molar-refractivity contribution >= 4 is 83.2 Å². The number of nitrogens with zero attached hydrogens (tertiary/aromatic N) is 8. The number of aromatic nitrogens is 5. The van der Waals surface area contributed by atoms with E-state index < -0.39 is 43.1 Å². The minimum atomic E-state index is -3.93. The first kappa shape index (κ1) is 60.2. The third-order valence-electron chi connectivity index (χ3n) is 14.4. The zero-order chi connectivity index (χ0) is 58.8. The summed E-state index contributed by atoms with van der Waals surface area (Å²) >= 11 is 6.43. The van der Waals surface area contributed by atoms with Crippen LogP contribution in [0, 0.1) is 6.92 Å². The molecule has 440 valence electrons. The fraction of sp³-hybridized carbons (Fsp3) is 0.379. The van der Waals surface area contributed by atoms with Crippen molar-refractivity contribution < 1.29 is 50.5 Å². The van der Waals surface area contributed by atoms with E-state index in [-0.39, 0.29) is 65.8 Å². The minimum absolute atomic E-state index is 0.0410. The molecule has 2 aliphatic heterocycles. The molecule has 0 saturated carbocycles. The number of hydrogen-bond donors (Lipinski definition) is 4. The molecule has 4 N–H and O–H groups in total. The van der Waals surface area contributed by atoms with Gasteiger partial charge in [0.15, 0.2) is 22.3 Å². The molecule has 5 aromatic carbocycles. The Bertz CT molecular complexity index is 3660. The van der Waals surface area contributed by atoms with Crippen LogP contribution in [0.15, 0.2) is 119 Å². The molecule has 83 heavy (non-hydrogen) atoms. The zero-order valence-corrected chi connectivity index (χ0v) is 49.2. The Hall–Kier alpha value is -7.45. The highest BCUT2D eigenvalue weighted by molar-refractivity contribution is 7.92. The van der Waals surface area contributed by atoms with Gasteiger partial charge in [-0.25, -0.2) is 26.5 Å². The molecule has 1 fully saturated rings. The van der Waals surface area contributed by atoms with Crippen molar-refractivity contribution in [2.24, 2.45) is 7.05 Å². The predicted octanol–water partition coefficient (Wildman–Crippen LogP) is 7.32. The maximum atomic E-state index is 13.9. The number of sulfone groups is 1. The van der Waals surface area contributed by atoms with Crippen molar-refractivity contribution in [1.82, 2.24) is 39.5 Å². The number of benzene rings is 5. The van der Waals surface area contributed by atoms with Crippen LogP contribution in [0.2, 0.25) is 5.02 Å². The Kier molecular flexibility index (Phi) is 19.5. The number of carboxylic acids is 1. The van der Waals surface area contributed by atoms with Gasteiger partial charge in [0.05, 0.1) is 61.4 Å². The van der Waals surface area contributed by atoms with Crippen molar-refractivity contribution in [1.29, 1.82) is 0 Å². The van der Waals surface area contributed by atoms with Gasteiger partial charge >= 0.3 is 5.97 Å². The van der Waals surface area contributed by atoms with Crippen LogP contribution in [0.25, 0.3) is 11.0 Å². The van der Waals surface area contributed by atoms with E-state index in [0.29, 0.717) is 70.7 Å². The number of carboxylic acid groups (broad SMARTS) is 1. The lowest BCUT2D eigenvalue weighted by atomic mass is 9.86. The van der Waals surface area contributed by atoms with Gasteiger partial charge in [-0.15, -0.1) is 5.10 Å². The summed E-state index contributed by atoms with van der Waals surface area (Å²) in [5.41, 5.74) is 5.96. The number of aryl methyl sites for hydroxylation is 2. The van der Waals surface area contributed by atoms with Gasteiger partial charge in [-0.1, -0.05) is 59.3 Å². The molecule has 0 radical (unpaired) electrons. The monoisotopic (exact) mass is 1190 g/mol. The summed E-state index contributed by atoms with van der Waals surface area (Å²) in [7, 11) is -5.80. The first-order chi connectivity index (χ1) is 39.8. The summed E-state index contributed by atoms with van der Waals surface area (Å²) in [5, 5.41) is 27.4. The van der Waals surface area contributed by atoms with Crippen LogP contribution in [0.5, 0.6) is 11.5 Å². The first-order valence-corrected chi connectivity index (χ1v) is 30.6. The number of anilines is 5. The zero-order valence-electron chi connectivity index (χ0n) is 46.8. The molecule has 1 saturated heterocycles. The van der Waals surface area contributed by atoms with Gasteiger partial charge in [-0.2, -0.15) is 9.29 Å². The molecule has 1 amide bonds. The summed E-state index contributed by atoms with van der Waals surface area (Å²) in [6.45, 7) is 12.8. The highest BCUT2D eigenvalue weighted by Crippen LogP contribution is 2.38. The predicted molar refractivity (Wildman–Crippen MR) is 316 cm³/mol. The number of para-hydroxylation sites is 2. The molecular formula is C58H68ClN11O11S2. The van der Waals surface area contributed by atoms with E-state index in [0.717, 1.165) is 49.7 Å². The lowest BCUT2D eigenvalue weighted by Crippen LogP contribution is -2.47. The molecule has 0 spiro atoms. The van der Waals surface area contributed by atoms with Crippen LogP contribution in [0.1, 0.15) is 55.4 Å². The van der Waals surface area contributed by atoms with Crippen LogP contribution in [-0.4, -0.2) is 158 Å². The van der Waals surface area contributed by atoms with Crippen LogP contribution in [0.3, 0.4) is 0 Å². The van der Waals surface area contributed by atoms with Crippen molar-refractivity contribution in [3.63, 3.8) is 0 Å². The number of amides is 1. The number of piperazine rings is 1. The summed E-state index contributed by atoms with van der Waals surface area (Å²) < 4.78 is 80.4. The second kappa shape index (κ2) is 26.9. The minimum Gasteiger partial charge on any atom is -0.488 e. The summed E-state index contributed by atoms with van der Waals surface area (Å²) in [4.78, 5) is 39.3. The SMILES string of the molecule is Cc1ccc(C(CC(=O)O)c2cc(OCC(=O)NCCOCCOCCN3CCN(c4ccc(Nc5ncc(Cl)c(Nc6ccccc6S(=O)(=O)C(C)C)n5)cc4)CC3)c3c(c2)nnn3C)cc1CN1CC(C)Oc2ccccc2S1(=O)=O. The molecule has 22 nitrogen and oxygen atoms in total. The number of aliphatic carboxylic acids is 1. The van der Waals surface area contributed by atoms with Crippen molar-refractivity contribution in [2.75, 3.05) is 94.4 Å². The summed E-state index contributed by atoms with van der Waals surface area (Å²) in [6, 6.07) is 30.2. The number of ether oxygens (including phenoxy) is 4. The number of carbonyl (C=O) groups excluding carboxylic acids is 1. The van der Waals surface area contributed by atoms with Crippen LogP contribution in [-0.2, 0) is 52.5 Å². The first-order valence-electron chi connectivity index (χ1n) is 27.3. The number of rotatable bonds is 25. The van der Waals surface area contributed by atoms with Crippen LogP contribution >= 0.6 is 11.6 Å². The number of carbonyl (C=O) groups is 2. The van der Waals surface area contributed by atoms with E-state index in [1.807, 2.05) is 56.3 Å². The van der Waals surface area contributed by atoms with Crippen molar-refractivity contribution in [2.45, 2.75) is 67.7 Å². The molecule has 9 rings (SSSR count). The second-order valence-corrected chi connectivity index (χ2v) is 25.4. The highest BCUT2D eigenvalue weighted by atomic mass is 35.5. The Labute approximate surface area is 488 Å². The highest BCUT2D eigenvalue weighted by Gasteiger charge is 2.34. The summed E-state index contributed by atoms with van der Waals surface area (Å²) in [6.07, 6.45) is 0.748. The fourth-order valence-corrected chi connectivity index (χ4v) is 12.8. The molecule has 4 heterocycles. The molecule has 2 unspecified atom stereocenters. The van der Waals surface area contributed by atoms with Gasteiger partial charge in [0.1, 0.15) is 38.6 Å². The molecular weight excluding hydrogens is 1130 g/mol. The number of sulfonamides is 1. The van der Waals surface area contributed by atoms with Gasteiger partial charge in [-0.3, -0.25) is 14.5 Å². The molecule has 2 aliphatic rings. The normalized spacial score (nSPS) is 16.0. The number of halogens is 1. The lowest BCUT2D eigenvalue weighted by Gasteiger charge is -2.36. The molecule has 0 bridgehead atoms. The van der Waals surface area contributed by atoms with E-state index >= 15 is 0 Å². The van der Waals surface area contributed by atoms with Gasteiger partial charge < -0.3 is 44.9 Å². The molecule has 2 atom stereocenters.